The van der Waals surface area contributed by atoms with E-state index in [0.29, 0.717) is 4.68 Å². The minimum absolute atomic E-state index is 0.0540. The number of rotatable bonds is 4. The molecule has 8 heteroatoms. The van der Waals surface area contributed by atoms with Gasteiger partial charge < -0.3 is 5.32 Å². The first-order valence-corrected chi connectivity index (χ1v) is 6.52. The topological polar surface area (TPSA) is 46.9 Å². The van der Waals surface area contributed by atoms with Crippen LogP contribution in [0.1, 0.15) is 16.1 Å². The van der Waals surface area contributed by atoms with Crippen LogP contribution in [0.4, 0.5) is 13.2 Å². The predicted molar refractivity (Wildman–Crippen MR) is 76.1 cm³/mol. The van der Waals surface area contributed by atoms with E-state index >= 15 is 0 Å². The van der Waals surface area contributed by atoms with E-state index in [4.69, 9.17) is 11.6 Å². The number of nitrogens with one attached hydrogen (secondary N) is 1. The lowest BCUT2D eigenvalue weighted by molar-refractivity contribution is -0.143. The summed E-state index contributed by atoms with van der Waals surface area (Å²) in [4.78, 5) is 11.8. The summed E-state index contributed by atoms with van der Waals surface area (Å²) in [5.74, 6) is -0.875. The summed E-state index contributed by atoms with van der Waals surface area (Å²) < 4.78 is 40.6. The first kappa shape index (κ1) is 16.1. The van der Waals surface area contributed by atoms with Crippen molar-refractivity contribution >= 4 is 17.5 Å². The van der Waals surface area contributed by atoms with Crippen LogP contribution >= 0.6 is 11.6 Å². The fourth-order valence-corrected chi connectivity index (χ4v) is 2.04. The van der Waals surface area contributed by atoms with Gasteiger partial charge in [-0.15, -0.1) is 6.58 Å². The van der Waals surface area contributed by atoms with Crippen molar-refractivity contribution in [2.75, 3.05) is 6.54 Å². The molecule has 0 spiro atoms. The fourth-order valence-electron chi connectivity index (χ4n) is 1.85. The van der Waals surface area contributed by atoms with Crippen molar-refractivity contribution in [2.45, 2.75) is 6.18 Å². The van der Waals surface area contributed by atoms with Gasteiger partial charge >= 0.3 is 6.18 Å². The fraction of sp³-hybridized carbons (Fsp3) is 0.143. The third-order valence-electron chi connectivity index (χ3n) is 2.74. The molecule has 0 saturated carbocycles. The van der Waals surface area contributed by atoms with Crippen molar-refractivity contribution < 1.29 is 18.0 Å². The van der Waals surface area contributed by atoms with Crippen LogP contribution in [0.25, 0.3) is 5.69 Å². The minimum Gasteiger partial charge on any atom is -0.348 e. The number of aromatic nitrogens is 2. The largest absolute Gasteiger partial charge is 0.434 e. The van der Waals surface area contributed by atoms with Gasteiger partial charge in [-0.05, 0) is 18.2 Å². The molecule has 1 amide bonds. The molecule has 2 rings (SSSR count). The molecule has 116 valence electrons. The van der Waals surface area contributed by atoms with Crippen molar-refractivity contribution in [3.63, 3.8) is 0 Å². The number of hydrogen-bond donors (Lipinski definition) is 1. The van der Waals surface area contributed by atoms with Gasteiger partial charge in [0.05, 0.1) is 17.4 Å². The van der Waals surface area contributed by atoms with Gasteiger partial charge in [-0.3, -0.25) is 4.79 Å². The van der Waals surface area contributed by atoms with Gasteiger partial charge in [-0.1, -0.05) is 23.7 Å². The van der Waals surface area contributed by atoms with Crippen molar-refractivity contribution in [1.29, 1.82) is 0 Å². The normalized spacial score (nSPS) is 11.3. The van der Waals surface area contributed by atoms with E-state index in [1.54, 1.807) is 0 Å². The monoisotopic (exact) mass is 329 g/mol. The Labute approximate surface area is 129 Å². The van der Waals surface area contributed by atoms with Crippen molar-refractivity contribution in [3.05, 3.63) is 59.4 Å². The molecule has 1 aromatic carbocycles. The highest BCUT2D eigenvalue weighted by molar-refractivity contribution is 6.30. The molecule has 1 heterocycles. The number of carbonyl (C=O) groups excluding carboxylic acids is 1. The molecule has 2 aromatic rings. The number of alkyl halides is 3. The Bertz CT molecular complexity index is 710. The molecule has 0 aliphatic heterocycles. The van der Waals surface area contributed by atoms with Crippen LogP contribution in [0.15, 0.2) is 43.1 Å². The number of carbonyl (C=O) groups is 1. The molecular weight excluding hydrogens is 319 g/mol. The molecule has 4 nitrogen and oxygen atoms in total. The zero-order valence-electron chi connectivity index (χ0n) is 11.2. The van der Waals surface area contributed by atoms with Gasteiger partial charge in [0.1, 0.15) is 0 Å². The molecule has 0 aliphatic rings. The van der Waals surface area contributed by atoms with Crippen molar-refractivity contribution in [3.8, 4) is 5.69 Å². The lowest BCUT2D eigenvalue weighted by Gasteiger charge is -2.12. The third-order valence-corrected chi connectivity index (χ3v) is 2.98. The summed E-state index contributed by atoms with van der Waals surface area (Å²) in [7, 11) is 0. The Kier molecular flexibility index (Phi) is 4.56. The molecular formula is C14H11ClF3N3O. The third kappa shape index (κ3) is 3.30. The highest BCUT2D eigenvalue weighted by atomic mass is 35.5. The van der Waals surface area contributed by atoms with Crippen molar-refractivity contribution in [1.82, 2.24) is 15.1 Å². The van der Waals surface area contributed by atoms with Gasteiger partial charge in [-0.25, -0.2) is 4.68 Å². The molecule has 1 aromatic heterocycles. The van der Waals surface area contributed by atoms with E-state index < -0.39 is 23.3 Å². The van der Waals surface area contributed by atoms with Crippen LogP contribution < -0.4 is 5.32 Å². The second-order valence-corrected chi connectivity index (χ2v) is 4.73. The summed E-state index contributed by atoms with van der Waals surface area (Å²) >= 11 is 5.79. The Morgan fingerprint density at radius 1 is 1.45 bits per heavy atom. The van der Waals surface area contributed by atoms with E-state index in [9.17, 15) is 18.0 Å². The molecule has 0 atom stereocenters. The minimum atomic E-state index is -4.75. The molecule has 0 bridgehead atoms. The van der Waals surface area contributed by atoms with E-state index in [-0.39, 0.29) is 17.3 Å². The summed E-state index contributed by atoms with van der Waals surface area (Å²) in [5, 5.41) is 6.24. The zero-order valence-corrected chi connectivity index (χ0v) is 11.9. The molecule has 22 heavy (non-hydrogen) atoms. The maximum Gasteiger partial charge on any atom is 0.434 e. The lowest BCUT2D eigenvalue weighted by Crippen LogP contribution is -2.26. The Balaban J connectivity index is 2.55. The van der Waals surface area contributed by atoms with Crippen LogP contribution in [0.5, 0.6) is 0 Å². The van der Waals surface area contributed by atoms with Crippen LogP contribution in [0.2, 0.25) is 5.02 Å². The van der Waals surface area contributed by atoms with Crippen LogP contribution in [0.3, 0.4) is 0 Å². The summed E-state index contributed by atoms with van der Waals surface area (Å²) in [6.07, 6.45) is -2.51. The maximum absolute atomic E-state index is 13.3. The molecule has 0 radical (unpaired) electrons. The molecule has 0 saturated heterocycles. The lowest BCUT2D eigenvalue weighted by atomic mass is 10.2. The SMILES string of the molecule is C=CCNC(=O)c1cnn(-c2cccc(Cl)c2)c1C(F)(F)F. The molecule has 0 aliphatic carbocycles. The van der Waals surface area contributed by atoms with Gasteiger partial charge in [0.15, 0.2) is 5.69 Å². The summed E-state index contributed by atoms with van der Waals surface area (Å²) in [6, 6.07) is 5.77. The predicted octanol–water partition coefficient (Wildman–Crippen LogP) is 3.46. The first-order chi connectivity index (χ1) is 10.3. The first-order valence-electron chi connectivity index (χ1n) is 6.15. The zero-order chi connectivity index (χ0) is 16.3. The van der Waals surface area contributed by atoms with Crippen LogP contribution in [-0.4, -0.2) is 22.2 Å². The van der Waals surface area contributed by atoms with E-state index in [1.807, 2.05) is 0 Å². The van der Waals surface area contributed by atoms with Crippen LogP contribution in [-0.2, 0) is 6.18 Å². The average Bonchev–Trinajstić information content (AvgIpc) is 2.89. The Hall–Kier alpha value is -2.28. The van der Waals surface area contributed by atoms with E-state index in [2.05, 4.69) is 17.0 Å². The van der Waals surface area contributed by atoms with Gasteiger partial charge in [0, 0.05) is 11.6 Å². The standard InChI is InChI=1S/C14H11ClF3N3O/c1-2-6-19-13(22)11-8-20-21(12(11)14(16,17)18)10-5-3-4-9(15)7-10/h2-5,7-8H,1,6H2,(H,19,22). The quantitative estimate of drug-likeness (QED) is 0.873. The molecule has 0 fully saturated rings. The molecule has 1 N–H and O–H groups in total. The number of halogens is 4. The smallest absolute Gasteiger partial charge is 0.348 e. The van der Waals surface area contributed by atoms with E-state index in [0.717, 1.165) is 6.20 Å². The van der Waals surface area contributed by atoms with Gasteiger partial charge in [0.25, 0.3) is 5.91 Å². The van der Waals surface area contributed by atoms with Crippen LogP contribution in [0, 0.1) is 0 Å². The number of amides is 1. The maximum atomic E-state index is 13.3. The molecule has 0 unspecified atom stereocenters. The number of nitrogens with zero attached hydrogens (tertiary/aromatic N) is 2. The summed E-state index contributed by atoms with van der Waals surface area (Å²) in [5.41, 5.74) is -1.60. The Morgan fingerprint density at radius 2 is 2.18 bits per heavy atom. The summed E-state index contributed by atoms with van der Waals surface area (Å²) in [6.45, 7) is 3.44. The van der Waals surface area contributed by atoms with E-state index in [1.165, 1.54) is 30.3 Å². The Morgan fingerprint density at radius 3 is 2.77 bits per heavy atom. The van der Waals surface area contributed by atoms with Gasteiger partial charge in [-0.2, -0.15) is 18.3 Å². The highest BCUT2D eigenvalue weighted by Gasteiger charge is 2.40. The second-order valence-electron chi connectivity index (χ2n) is 4.29. The van der Waals surface area contributed by atoms with Crippen molar-refractivity contribution in [2.24, 2.45) is 0 Å². The highest BCUT2D eigenvalue weighted by Crippen LogP contribution is 2.34. The average molecular weight is 330 g/mol. The van der Waals surface area contributed by atoms with Gasteiger partial charge in [0.2, 0.25) is 0 Å². The number of benzene rings is 1. The number of hydrogen-bond acceptors (Lipinski definition) is 2. The second kappa shape index (κ2) is 6.23.